The molecular weight excluding hydrogens is 254 g/mol. The van der Waals surface area contributed by atoms with Gasteiger partial charge in [0.2, 0.25) is 5.95 Å². The highest BCUT2D eigenvalue weighted by atomic mass is 16.5. The smallest absolute Gasteiger partial charge is 0.220 e. The van der Waals surface area contributed by atoms with Crippen molar-refractivity contribution in [2.24, 2.45) is 0 Å². The molecule has 20 heavy (non-hydrogen) atoms. The van der Waals surface area contributed by atoms with Crippen molar-refractivity contribution in [3.63, 3.8) is 0 Å². The first-order valence-corrected chi connectivity index (χ1v) is 6.42. The number of benzene rings is 1. The van der Waals surface area contributed by atoms with Crippen LogP contribution in [-0.4, -0.2) is 24.2 Å². The van der Waals surface area contributed by atoms with E-state index in [1.165, 1.54) is 0 Å². The van der Waals surface area contributed by atoms with Crippen LogP contribution in [0.2, 0.25) is 0 Å². The zero-order chi connectivity index (χ0) is 14.7. The number of anilines is 1. The summed E-state index contributed by atoms with van der Waals surface area (Å²) in [6, 6.07) is 7.60. The summed E-state index contributed by atoms with van der Waals surface area (Å²) in [6.07, 6.45) is 0. The summed E-state index contributed by atoms with van der Waals surface area (Å²) in [7, 11) is 3.21. The molecule has 0 radical (unpaired) electrons. The van der Waals surface area contributed by atoms with E-state index in [1.807, 2.05) is 24.3 Å². The van der Waals surface area contributed by atoms with Gasteiger partial charge in [0.1, 0.15) is 0 Å². The lowest BCUT2D eigenvalue weighted by atomic mass is 10.1. The van der Waals surface area contributed by atoms with Crippen LogP contribution in [0.15, 0.2) is 24.3 Å². The van der Waals surface area contributed by atoms with Crippen molar-refractivity contribution < 1.29 is 9.47 Å². The van der Waals surface area contributed by atoms with E-state index < -0.39 is 0 Å². The molecule has 0 aliphatic heterocycles. The number of rotatable bonds is 4. The third kappa shape index (κ3) is 2.82. The summed E-state index contributed by atoms with van der Waals surface area (Å²) < 4.78 is 10.5. The number of nitrogen functional groups attached to an aromatic ring is 1. The minimum atomic E-state index is 0.279. The number of ether oxygens (including phenoxy) is 2. The Balaban J connectivity index is 2.51. The average molecular weight is 273 g/mol. The van der Waals surface area contributed by atoms with Gasteiger partial charge in [-0.05, 0) is 30.2 Å². The Kier molecular flexibility index (Phi) is 4.08. The van der Waals surface area contributed by atoms with Gasteiger partial charge < -0.3 is 15.2 Å². The molecule has 0 saturated heterocycles. The molecule has 1 heterocycles. The predicted molar refractivity (Wildman–Crippen MR) is 79.1 cm³/mol. The maximum Gasteiger partial charge on any atom is 0.220 e. The zero-order valence-electron chi connectivity index (χ0n) is 12.2. The van der Waals surface area contributed by atoms with E-state index in [4.69, 9.17) is 15.2 Å². The molecule has 0 saturated carbocycles. The summed E-state index contributed by atoms with van der Waals surface area (Å²) in [5, 5.41) is 0. The first-order chi connectivity index (χ1) is 9.55. The van der Waals surface area contributed by atoms with Gasteiger partial charge in [-0.15, -0.1) is 0 Å². The average Bonchev–Trinajstić information content (AvgIpc) is 2.45. The Labute approximate surface area is 118 Å². The second-order valence-electron chi connectivity index (χ2n) is 4.76. The molecular formula is C15H19N3O2. The number of nitrogens with two attached hydrogens (primary N) is 1. The molecule has 106 valence electrons. The van der Waals surface area contributed by atoms with Gasteiger partial charge in [-0.2, -0.15) is 0 Å². The number of hydrogen-bond acceptors (Lipinski definition) is 5. The second kappa shape index (κ2) is 5.77. The highest BCUT2D eigenvalue weighted by Crippen LogP contribution is 2.32. The summed E-state index contributed by atoms with van der Waals surface area (Å²) in [5.74, 6) is 1.91. The largest absolute Gasteiger partial charge is 0.493 e. The van der Waals surface area contributed by atoms with Crippen LogP contribution in [0.1, 0.15) is 25.5 Å². The van der Waals surface area contributed by atoms with Crippen LogP contribution in [0, 0.1) is 0 Å². The minimum Gasteiger partial charge on any atom is -0.493 e. The van der Waals surface area contributed by atoms with Crippen molar-refractivity contribution in [2.45, 2.75) is 19.8 Å². The summed E-state index contributed by atoms with van der Waals surface area (Å²) in [6.45, 7) is 4.14. The van der Waals surface area contributed by atoms with Crippen LogP contribution in [-0.2, 0) is 0 Å². The molecule has 0 aliphatic carbocycles. The van der Waals surface area contributed by atoms with Crippen LogP contribution >= 0.6 is 0 Å². The lowest BCUT2D eigenvalue weighted by Crippen LogP contribution is -2.02. The molecule has 0 atom stereocenters. The summed E-state index contributed by atoms with van der Waals surface area (Å²) in [4.78, 5) is 8.53. The Morgan fingerprint density at radius 2 is 1.70 bits per heavy atom. The van der Waals surface area contributed by atoms with Gasteiger partial charge in [-0.25, -0.2) is 9.97 Å². The van der Waals surface area contributed by atoms with Crippen molar-refractivity contribution >= 4 is 5.95 Å². The Morgan fingerprint density at radius 3 is 2.30 bits per heavy atom. The van der Waals surface area contributed by atoms with Gasteiger partial charge in [0.25, 0.3) is 0 Å². The van der Waals surface area contributed by atoms with E-state index in [1.54, 1.807) is 14.2 Å². The van der Waals surface area contributed by atoms with E-state index >= 15 is 0 Å². The Hall–Kier alpha value is -2.30. The SMILES string of the molecule is COc1ccc(-c2cc(C(C)C)nc(N)n2)cc1OC. The molecule has 2 rings (SSSR count). The van der Waals surface area contributed by atoms with Crippen molar-refractivity contribution in [2.75, 3.05) is 20.0 Å². The minimum absolute atomic E-state index is 0.279. The first-order valence-electron chi connectivity index (χ1n) is 6.42. The van der Waals surface area contributed by atoms with Crippen LogP contribution in [0.3, 0.4) is 0 Å². The van der Waals surface area contributed by atoms with E-state index in [0.717, 1.165) is 17.0 Å². The van der Waals surface area contributed by atoms with E-state index in [-0.39, 0.29) is 5.95 Å². The van der Waals surface area contributed by atoms with Crippen molar-refractivity contribution in [3.8, 4) is 22.8 Å². The normalized spacial score (nSPS) is 10.7. The van der Waals surface area contributed by atoms with E-state index in [2.05, 4.69) is 23.8 Å². The number of aromatic nitrogens is 2. The number of hydrogen-bond donors (Lipinski definition) is 1. The third-order valence-corrected chi connectivity index (χ3v) is 3.03. The molecule has 0 aliphatic rings. The van der Waals surface area contributed by atoms with Crippen LogP contribution in [0.5, 0.6) is 11.5 Å². The van der Waals surface area contributed by atoms with Gasteiger partial charge in [-0.3, -0.25) is 0 Å². The maximum absolute atomic E-state index is 5.78. The second-order valence-corrected chi connectivity index (χ2v) is 4.76. The van der Waals surface area contributed by atoms with E-state index in [9.17, 15) is 0 Å². The fraction of sp³-hybridized carbons (Fsp3) is 0.333. The number of methoxy groups -OCH3 is 2. The van der Waals surface area contributed by atoms with Crippen molar-refractivity contribution in [1.82, 2.24) is 9.97 Å². The molecule has 1 aromatic heterocycles. The molecule has 0 amide bonds. The molecule has 0 bridgehead atoms. The fourth-order valence-electron chi connectivity index (χ4n) is 1.92. The maximum atomic E-state index is 5.78. The molecule has 0 fully saturated rings. The van der Waals surface area contributed by atoms with Crippen LogP contribution < -0.4 is 15.2 Å². The van der Waals surface area contributed by atoms with Gasteiger partial charge in [0.05, 0.1) is 19.9 Å². The monoisotopic (exact) mass is 273 g/mol. The number of nitrogens with zero attached hydrogens (tertiary/aromatic N) is 2. The predicted octanol–water partition coefficient (Wildman–Crippen LogP) is 2.87. The van der Waals surface area contributed by atoms with Crippen molar-refractivity contribution in [1.29, 1.82) is 0 Å². The van der Waals surface area contributed by atoms with Gasteiger partial charge in [0, 0.05) is 11.3 Å². The molecule has 1 aromatic carbocycles. The molecule has 5 heteroatoms. The van der Waals surface area contributed by atoms with Gasteiger partial charge in [-0.1, -0.05) is 13.8 Å². The first kappa shape index (κ1) is 14.1. The van der Waals surface area contributed by atoms with Gasteiger partial charge >= 0.3 is 0 Å². The lowest BCUT2D eigenvalue weighted by Gasteiger charge is -2.11. The topological polar surface area (TPSA) is 70.3 Å². The molecule has 0 spiro atoms. The fourth-order valence-corrected chi connectivity index (χ4v) is 1.92. The molecule has 5 nitrogen and oxygen atoms in total. The van der Waals surface area contributed by atoms with E-state index in [0.29, 0.717) is 17.4 Å². The Morgan fingerprint density at radius 1 is 1.00 bits per heavy atom. The van der Waals surface area contributed by atoms with Crippen LogP contribution in [0.4, 0.5) is 5.95 Å². The third-order valence-electron chi connectivity index (χ3n) is 3.03. The van der Waals surface area contributed by atoms with Crippen molar-refractivity contribution in [3.05, 3.63) is 30.0 Å². The van der Waals surface area contributed by atoms with Gasteiger partial charge in [0.15, 0.2) is 11.5 Å². The lowest BCUT2D eigenvalue weighted by molar-refractivity contribution is 0.355. The standard InChI is InChI=1S/C15H19N3O2/c1-9(2)11-8-12(18-15(16)17-11)10-5-6-13(19-3)14(7-10)20-4/h5-9H,1-4H3,(H2,16,17,18). The molecule has 2 aromatic rings. The zero-order valence-corrected chi connectivity index (χ0v) is 12.2. The molecule has 0 unspecified atom stereocenters. The summed E-state index contributed by atoms with van der Waals surface area (Å²) in [5.41, 5.74) is 8.40. The van der Waals surface area contributed by atoms with Crippen LogP contribution in [0.25, 0.3) is 11.3 Å². The summed E-state index contributed by atoms with van der Waals surface area (Å²) >= 11 is 0. The molecule has 2 N–H and O–H groups in total. The highest BCUT2D eigenvalue weighted by Gasteiger charge is 2.10. The quantitative estimate of drug-likeness (QED) is 0.927. The Bertz CT molecular complexity index is 612. The highest BCUT2D eigenvalue weighted by molar-refractivity contribution is 5.65.